The normalized spacial score (nSPS) is 22.1. The Labute approximate surface area is 241 Å². The number of ketones is 1. The number of amides is 2. The van der Waals surface area contributed by atoms with Crippen LogP contribution in [0.5, 0.6) is 11.5 Å². The molecule has 1 aliphatic carbocycles. The predicted molar refractivity (Wildman–Crippen MR) is 158 cm³/mol. The van der Waals surface area contributed by atoms with E-state index < -0.39 is 41.0 Å². The molecule has 0 aromatic heterocycles. The Morgan fingerprint density at radius 3 is 1.93 bits per heavy atom. The zero-order chi connectivity index (χ0) is 29.7. The number of anilines is 2. The lowest BCUT2D eigenvalue weighted by Crippen LogP contribution is -2.56. The van der Waals surface area contributed by atoms with Gasteiger partial charge in [0, 0.05) is 23.7 Å². The molecule has 4 rings (SSSR count). The van der Waals surface area contributed by atoms with E-state index in [0.29, 0.717) is 41.3 Å². The van der Waals surface area contributed by atoms with Crippen molar-refractivity contribution in [2.24, 2.45) is 11.8 Å². The Kier molecular flexibility index (Phi) is 9.13. The van der Waals surface area contributed by atoms with E-state index in [1.165, 1.54) is 21.1 Å². The SMILES string of the molecule is CCc1ccccc1NC(=O)C1C(=O)CC(C)(O)C(C(=O)Nc2ccccc2CC)C1c1ccc(OC)c(OC)c1. The van der Waals surface area contributed by atoms with Gasteiger partial charge < -0.3 is 25.2 Å². The van der Waals surface area contributed by atoms with E-state index in [0.717, 1.165) is 11.1 Å². The number of para-hydroxylation sites is 2. The standard InChI is InChI=1S/C33H38N2O6/c1-6-20-12-8-10-14-23(20)34-31(37)29-25(36)19-33(3,39)30(32(38)35-24-15-11-9-13-21(24)7-2)28(29)22-16-17-26(40-4)27(18-22)41-5/h8-18,28-30,39H,6-7,19H2,1-5H3,(H,34,37)(H,35,38). The molecule has 1 fully saturated rings. The molecule has 0 aliphatic heterocycles. The number of rotatable bonds is 9. The van der Waals surface area contributed by atoms with Gasteiger partial charge in [0.2, 0.25) is 11.8 Å². The highest BCUT2D eigenvalue weighted by molar-refractivity contribution is 6.10. The van der Waals surface area contributed by atoms with Crippen LogP contribution < -0.4 is 20.1 Å². The first-order valence-corrected chi connectivity index (χ1v) is 13.9. The van der Waals surface area contributed by atoms with Crippen LogP contribution >= 0.6 is 0 Å². The third kappa shape index (κ3) is 6.12. The average Bonchev–Trinajstić information content (AvgIpc) is 2.96. The van der Waals surface area contributed by atoms with Gasteiger partial charge in [-0.15, -0.1) is 0 Å². The van der Waals surface area contributed by atoms with Crippen LogP contribution in [0.15, 0.2) is 66.7 Å². The molecule has 0 bridgehead atoms. The van der Waals surface area contributed by atoms with Crippen LogP contribution in [-0.4, -0.2) is 42.5 Å². The minimum Gasteiger partial charge on any atom is -0.493 e. The lowest BCUT2D eigenvalue weighted by atomic mass is 9.61. The quantitative estimate of drug-likeness (QED) is 0.313. The number of hydrogen-bond donors (Lipinski definition) is 3. The first kappa shape index (κ1) is 29.8. The fourth-order valence-corrected chi connectivity index (χ4v) is 5.87. The Morgan fingerprint density at radius 1 is 0.854 bits per heavy atom. The van der Waals surface area contributed by atoms with Crippen molar-refractivity contribution in [2.45, 2.75) is 51.6 Å². The van der Waals surface area contributed by atoms with Crippen LogP contribution in [0.4, 0.5) is 11.4 Å². The van der Waals surface area contributed by atoms with E-state index >= 15 is 0 Å². The fourth-order valence-electron chi connectivity index (χ4n) is 5.87. The van der Waals surface area contributed by atoms with Gasteiger partial charge >= 0.3 is 0 Å². The predicted octanol–water partition coefficient (Wildman–Crippen LogP) is 5.15. The molecule has 1 aliphatic rings. The van der Waals surface area contributed by atoms with E-state index in [2.05, 4.69) is 10.6 Å². The van der Waals surface area contributed by atoms with E-state index in [-0.39, 0.29) is 6.42 Å². The van der Waals surface area contributed by atoms with Crippen molar-refractivity contribution in [3.63, 3.8) is 0 Å². The molecule has 3 N–H and O–H groups in total. The molecule has 3 aromatic rings. The number of aryl methyl sites for hydroxylation is 2. The van der Waals surface area contributed by atoms with E-state index in [4.69, 9.17) is 9.47 Å². The summed E-state index contributed by atoms with van der Waals surface area (Å²) in [5.74, 6) is -3.98. The van der Waals surface area contributed by atoms with Gasteiger partial charge in [0.15, 0.2) is 11.5 Å². The van der Waals surface area contributed by atoms with Crippen LogP contribution in [0.2, 0.25) is 0 Å². The van der Waals surface area contributed by atoms with Crippen molar-refractivity contribution in [1.29, 1.82) is 0 Å². The van der Waals surface area contributed by atoms with E-state index in [1.807, 2.05) is 50.2 Å². The van der Waals surface area contributed by atoms with Crippen molar-refractivity contribution in [2.75, 3.05) is 24.9 Å². The number of carbonyl (C=O) groups is 3. The van der Waals surface area contributed by atoms with Gasteiger partial charge in [0.1, 0.15) is 11.7 Å². The number of Topliss-reactive ketones (excluding diaryl/α,β-unsaturated/α-hetero) is 1. The zero-order valence-electron chi connectivity index (χ0n) is 24.2. The summed E-state index contributed by atoms with van der Waals surface area (Å²) < 4.78 is 10.9. The molecule has 0 saturated heterocycles. The maximum Gasteiger partial charge on any atom is 0.235 e. The second kappa shape index (κ2) is 12.6. The molecule has 4 unspecified atom stereocenters. The molecular weight excluding hydrogens is 520 g/mol. The van der Waals surface area contributed by atoms with Crippen molar-refractivity contribution in [1.82, 2.24) is 0 Å². The highest BCUT2D eigenvalue weighted by atomic mass is 16.5. The molecule has 0 radical (unpaired) electrons. The second-order valence-corrected chi connectivity index (χ2v) is 10.6. The molecule has 3 aromatic carbocycles. The Balaban J connectivity index is 1.84. The monoisotopic (exact) mass is 558 g/mol. The molecule has 41 heavy (non-hydrogen) atoms. The molecular formula is C33H38N2O6. The van der Waals surface area contributed by atoms with Gasteiger partial charge in [0.25, 0.3) is 0 Å². The molecule has 4 atom stereocenters. The van der Waals surface area contributed by atoms with Crippen molar-refractivity contribution in [3.8, 4) is 11.5 Å². The topological polar surface area (TPSA) is 114 Å². The van der Waals surface area contributed by atoms with Gasteiger partial charge in [0.05, 0.1) is 25.7 Å². The highest BCUT2D eigenvalue weighted by Crippen LogP contribution is 2.48. The second-order valence-electron chi connectivity index (χ2n) is 10.6. The summed E-state index contributed by atoms with van der Waals surface area (Å²) in [5, 5.41) is 17.6. The average molecular weight is 559 g/mol. The maximum atomic E-state index is 14.1. The summed E-state index contributed by atoms with van der Waals surface area (Å²) >= 11 is 0. The summed E-state index contributed by atoms with van der Waals surface area (Å²) in [6.45, 7) is 5.45. The van der Waals surface area contributed by atoms with Crippen LogP contribution in [0.3, 0.4) is 0 Å². The number of hydrogen-bond acceptors (Lipinski definition) is 6. The highest BCUT2D eigenvalue weighted by Gasteiger charge is 2.56. The van der Waals surface area contributed by atoms with Gasteiger partial charge in [-0.2, -0.15) is 0 Å². The smallest absolute Gasteiger partial charge is 0.235 e. The molecule has 0 spiro atoms. The van der Waals surface area contributed by atoms with Gasteiger partial charge in [-0.05, 0) is 60.7 Å². The van der Waals surface area contributed by atoms with Crippen LogP contribution in [0.25, 0.3) is 0 Å². The molecule has 0 heterocycles. The summed E-state index contributed by atoms with van der Waals surface area (Å²) in [5.41, 5.74) is 1.86. The summed E-state index contributed by atoms with van der Waals surface area (Å²) in [6.07, 6.45) is 1.03. The number of nitrogens with one attached hydrogen (secondary N) is 2. The largest absolute Gasteiger partial charge is 0.493 e. The molecule has 1 saturated carbocycles. The minimum absolute atomic E-state index is 0.349. The van der Waals surface area contributed by atoms with Gasteiger partial charge in [-0.1, -0.05) is 56.3 Å². The van der Waals surface area contributed by atoms with Crippen molar-refractivity contribution < 1.29 is 29.0 Å². The Morgan fingerprint density at radius 2 is 1.39 bits per heavy atom. The van der Waals surface area contributed by atoms with Gasteiger partial charge in [-0.25, -0.2) is 0 Å². The summed E-state index contributed by atoms with van der Waals surface area (Å²) in [6, 6.07) is 19.9. The van der Waals surface area contributed by atoms with E-state index in [9.17, 15) is 19.5 Å². The number of ether oxygens (including phenoxy) is 2. The van der Waals surface area contributed by atoms with Crippen LogP contribution in [0, 0.1) is 11.8 Å². The third-order valence-electron chi connectivity index (χ3n) is 7.94. The Hall–Kier alpha value is -4.17. The molecule has 2 amide bonds. The third-order valence-corrected chi connectivity index (χ3v) is 7.94. The number of methoxy groups -OCH3 is 2. The maximum absolute atomic E-state index is 14.1. The lowest BCUT2D eigenvalue weighted by molar-refractivity contribution is -0.150. The molecule has 8 heteroatoms. The van der Waals surface area contributed by atoms with Gasteiger partial charge in [-0.3, -0.25) is 14.4 Å². The van der Waals surface area contributed by atoms with E-state index in [1.54, 1.807) is 30.3 Å². The first-order chi connectivity index (χ1) is 19.6. The molecule has 216 valence electrons. The zero-order valence-corrected chi connectivity index (χ0v) is 24.2. The molecule has 8 nitrogen and oxygen atoms in total. The van der Waals surface area contributed by atoms with Crippen molar-refractivity contribution in [3.05, 3.63) is 83.4 Å². The van der Waals surface area contributed by atoms with Crippen LogP contribution in [-0.2, 0) is 27.2 Å². The summed E-state index contributed by atoms with van der Waals surface area (Å²) in [4.78, 5) is 41.7. The summed E-state index contributed by atoms with van der Waals surface area (Å²) in [7, 11) is 3.00. The minimum atomic E-state index is -1.72. The Bertz CT molecular complexity index is 1430. The number of benzene rings is 3. The fraction of sp³-hybridized carbons (Fsp3) is 0.364. The first-order valence-electron chi connectivity index (χ1n) is 13.9. The van der Waals surface area contributed by atoms with Crippen molar-refractivity contribution >= 4 is 29.0 Å². The lowest BCUT2D eigenvalue weighted by Gasteiger charge is -2.44. The number of carbonyl (C=O) groups excluding carboxylic acids is 3. The van der Waals surface area contributed by atoms with Crippen LogP contribution in [0.1, 0.15) is 49.8 Å². The number of aliphatic hydroxyl groups is 1.